The standard InChI is InChI=1S/C9H12FNO/c1-5-8(10)4-3-7(6(2)11)9(5)12/h3-4,6,12H,11H2,1-2H3/t6-/m1/s1. The second-order valence-electron chi connectivity index (χ2n) is 2.90. The molecule has 1 aromatic carbocycles. The Labute approximate surface area is 70.8 Å². The average molecular weight is 169 g/mol. The van der Waals surface area contributed by atoms with Crippen LogP contribution in [0.4, 0.5) is 4.39 Å². The molecule has 3 heteroatoms. The predicted molar refractivity (Wildman–Crippen MR) is 45.4 cm³/mol. The molecule has 0 bridgehead atoms. The minimum absolute atomic E-state index is 0.0370. The minimum Gasteiger partial charge on any atom is -0.507 e. The first-order valence-corrected chi connectivity index (χ1v) is 3.77. The molecular weight excluding hydrogens is 157 g/mol. The monoisotopic (exact) mass is 169 g/mol. The highest BCUT2D eigenvalue weighted by Crippen LogP contribution is 2.27. The Morgan fingerprint density at radius 2 is 2.08 bits per heavy atom. The lowest BCUT2D eigenvalue weighted by molar-refractivity contribution is 0.451. The smallest absolute Gasteiger partial charge is 0.129 e. The first-order chi connectivity index (χ1) is 5.54. The van der Waals surface area contributed by atoms with Gasteiger partial charge in [0.25, 0.3) is 0 Å². The Balaban J connectivity index is 3.27. The van der Waals surface area contributed by atoms with Crippen molar-refractivity contribution in [3.63, 3.8) is 0 Å². The van der Waals surface area contributed by atoms with Gasteiger partial charge in [-0.25, -0.2) is 4.39 Å². The van der Waals surface area contributed by atoms with Crippen molar-refractivity contribution < 1.29 is 9.50 Å². The van der Waals surface area contributed by atoms with Crippen molar-refractivity contribution in [2.24, 2.45) is 5.73 Å². The van der Waals surface area contributed by atoms with Gasteiger partial charge >= 0.3 is 0 Å². The summed E-state index contributed by atoms with van der Waals surface area (Å²) in [6.45, 7) is 3.27. The van der Waals surface area contributed by atoms with Crippen LogP contribution in [0.3, 0.4) is 0 Å². The Morgan fingerprint density at radius 1 is 1.50 bits per heavy atom. The normalized spacial score (nSPS) is 13.0. The maximum absolute atomic E-state index is 12.8. The predicted octanol–water partition coefficient (Wildman–Crippen LogP) is 1.86. The summed E-state index contributed by atoms with van der Waals surface area (Å²) < 4.78 is 12.8. The summed E-state index contributed by atoms with van der Waals surface area (Å²) in [7, 11) is 0. The van der Waals surface area contributed by atoms with E-state index in [2.05, 4.69) is 0 Å². The second kappa shape index (κ2) is 3.11. The largest absolute Gasteiger partial charge is 0.507 e. The summed E-state index contributed by atoms with van der Waals surface area (Å²) in [4.78, 5) is 0. The van der Waals surface area contributed by atoms with Crippen LogP contribution in [-0.4, -0.2) is 5.11 Å². The molecule has 0 amide bonds. The summed E-state index contributed by atoms with van der Waals surface area (Å²) >= 11 is 0. The Hall–Kier alpha value is -1.09. The fourth-order valence-corrected chi connectivity index (χ4v) is 1.06. The highest BCUT2D eigenvalue weighted by Gasteiger charge is 2.10. The van der Waals surface area contributed by atoms with Gasteiger partial charge in [-0.2, -0.15) is 0 Å². The third kappa shape index (κ3) is 1.41. The number of halogens is 1. The Morgan fingerprint density at radius 3 is 2.58 bits per heavy atom. The highest BCUT2D eigenvalue weighted by atomic mass is 19.1. The SMILES string of the molecule is Cc1c(F)ccc([C@@H](C)N)c1O. The van der Waals surface area contributed by atoms with Crippen LogP contribution < -0.4 is 5.73 Å². The van der Waals surface area contributed by atoms with Gasteiger partial charge in [0, 0.05) is 17.2 Å². The molecule has 0 aromatic heterocycles. The number of rotatable bonds is 1. The van der Waals surface area contributed by atoms with Crippen molar-refractivity contribution >= 4 is 0 Å². The molecule has 3 N–H and O–H groups in total. The second-order valence-corrected chi connectivity index (χ2v) is 2.90. The van der Waals surface area contributed by atoms with Gasteiger partial charge in [0.1, 0.15) is 11.6 Å². The van der Waals surface area contributed by atoms with Crippen molar-refractivity contribution in [2.45, 2.75) is 19.9 Å². The van der Waals surface area contributed by atoms with Gasteiger partial charge in [-0.15, -0.1) is 0 Å². The van der Waals surface area contributed by atoms with Gasteiger partial charge in [-0.05, 0) is 19.9 Å². The van der Waals surface area contributed by atoms with Gasteiger partial charge in [-0.1, -0.05) is 6.07 Å². The van der Waals surface area contributed by atoms with Crippen LogP contribution in [0.15, 0.2) is 12.1 Å². The minimum atomic E-state index is -0.406. The van der Waals surface area contributed by atoms with Crippen LogP contribution in [0.25, 0.3) is 0 Å². The maximum Gasteiger partial charge on any atom is 0.129 e. The van der Waals surface area contributed by atoms with Crippen molar-refractivity contribution in [3.05, 3.63) is 29.1 Å². The van der Waals surface area contributed by atoms with E-state index in [0.717, 1.165) is 0 Å². The summed E-state index contributed by atoms with van der Waals surface area (Å²) in [5.74, 6) is -0.443. The molecule has 0 saturated heterocycles. The number of nitrogens with two attached hydrogens (primary N) is 1. The molecule has 0 radical (unpaired) electrons. The Kier molecular flexibility index (Phi) is 2.33. The van der Waals surface area contributed by atoms with Crippen molar-refractivity contribution in [1.29, 1.82) is 0 Å². The third-order valence-corrected chi connectivity index (χ3v) is 1.89. The van der Waals surface area contributed by atoms with E-state index in [1.807, 2.05) is 0 Å². The fraction of sp³-hybridized carbons (Fsp3) is 0.333. The van der Waals surface area contributed by atoms with Crippen LogP contribution in [0.2, 0.25) is 0 Å². The third-order valence-electron chi connectivity index (χ3n) is 1.89. The van der Waals surface area contributed by atoms with E-state index in [1.54, 1.807) is 6.92 Å². The van der Waals surface area contributed by atoms with E-state index in [9.17, 15) is 9.50 Å². The number of aromatic hydroxyl groups is 1. The van der Waals surface area contributed by atoms with Gasteiger partial charge in [0.2, 0.25) is 0 Å². The maximum atomic E-state index is 12.8. The van der Waals surface area contributed by atoms with Gasteiger partial charge in [-0.3, -0.25) is 0 Å². The van der Waals surface area contributed by atoms with E-state index in [-0.39, 0.29) is 17.4 Å². The molecule has 0 spiro atoms. The topological polar surface area (TPSA) is 46.2 Å². The van der Waals surface area contributed by atoms with Crippen molar-refractivity contribution in [1.82, 2.24) is 0 Å². The number of phenols is 1. The van der Waals surface area contributed by atoms with E-state index in [1.165, 1.54) is 19.1 Å². The fourth-order valence-electron chi connectivity index (χ4n) is 1.06. The number of hydrogen-bond donors (Lipinski definition) is 2. The lowest BCUT2D eigenvalue weighted by Crippen LogP contribution is -2.06. The summed E-state index contributed by atoms with van der Waals surface area (Å²) in [5, 5.41) is 9.43. The molecule has 12 heavy (non-hydrogen) atoms. The lowest BCUT2D eigenvalue weighted by atomic mass is 10.0. The Bertz CT molecular complexity index is 297. The molecule has 1 aromatic rings. The molecule has 0 aliphatic heterocycles. The van der Waals surface area contributed by atoms with Gasteiger partial charge in [0.05, 0.1) is 0 Å². The van der Waals surface area contributed by atoms with Crippen LogP contribution in [-0.2, 0) is 0 Å². The van der Waals surface area contributed by atoms with Gasteiger partial charge in [0.15, 0.2) is 0 Å². The first-order valence-electron chi connectivity index (χ1n) is 3.77. The molecule has 66 valence electrons. The molecule has 0 saturated carbocycles. The molecule has 0 aliphatic carbocycles. The molecular formula is C9H12FNO. The average Bonchev–Trinajstić information content (AvgIpc) is 2.00. The molecule has 1 atom stereocenters. The lowest BCUT2D eigenvalue weighted by Gasteiger charge is -2.10. The van der Waals surface area contributed by atoms with Crippen molar-refractivity contribution in [3.8, 4) is 5.75 Å². The zero-order valence-electron chi connectivity index (χ0n) is 7.13. The summed E-state index contributed by atoms with van der Waals surface area (Å²) in [6, 6.07) is 2.54. The van der Waals surface area contributed by atoms with E-state index in [4.69, 9.17) is 5.73 Å². The number of benzene rings is 1. The molecule has 0 unspecified atom stereocenters. The molecule has 1 rings (SSSR count). The van der Waals surface area contributed by atoms with Gasteiger partial charge < -0.3 is 10.8 Å². The molecule has 2 nitrogen and oxygen atoms in total. The highest BCUT2D eigenvalue weighted by molar-refractivity contribution is 5.41. The number of hydrogen-bond acceptors (Lipinski definition) is 2. The van der Waals surface area contributed by atoms with E-state index < -0.39 is 5.82 Å². The summed E-state index contributed by atoms with van der Waals surface area (Å²) in [6.07, 6.45) is 0. The quantitative estimate of drug-likeness (QED) is 0.674. The van der Waals surface area contributed by atoms with E-state index >= 15 is 0 Å². The zero-order chi connectivity index (χ0) is 9.30. The van der Waals surface area contributed by atoms with E-state index in [0.29, 0.717) is 5.56 Å². The summed E-state index contributed by atoms with van der Waals surface area (Å²) in [5.41, 5.74) is 6.38. The molecule has 0 heterocycles. The molecule has 0 aliphatic rings. The van der Waals surface area contributed by atoms with Crippen molar-refractivity contribution in [2.75, 3.05) is 0 Å². The van der Waals surface area contributed by atoms with Crippen LogP contribution >= 0.6 is 0 Å². The number of phenolic OH excluding ortho intramolecular Hbond substituents is 1. The zero-order valence-corrected chi connectivity index (χ0v) is 7.13. The first kappa shape index (κ1) is 9.00. The van der Waals surface area contributed by atoms with Crippen LogP contribution in [0.1, 0.15) is 24.1 Å². The van der Waals surface area contributed by atoms with Crippen LogP contribution in [0, 0.1) is 12.7 Å². The molecule has 0 fully saturated rings. The van der Waals surface area contributed by atoms with Crippen LogP contribution in [0.5, 0.6) is 5.75 Å².